The number of benzene rings is 1. The molecule has 0 aliphatic rings. The Labute approximate surface area is 169 Å². The number of unbranched alkanes of at least 4 members (excludes halogenated alkanes) is 9. The zero-order chi connectivity index (χ0) is 20.5. The number of nitrogens with one attached hydrogen (secondary N) is 1. The molecule has 0 atom stereocenters. The van der Waals surface area contributed by atoms with Crippen molar-refractivity contribution in [3.63, 3.8) is 0 Å². The number of anilines is 1. The second kappa shape index (κ2) is 15.7. The number of amides is 1. The van der Waals surface area contributed by atoms with Crippen LogP contribution in [-0.4, -0.2) is 25.6 Å². The van der Waals surface area contributed by atoms with Gasteiger partial charge in [0.15, 0.2) is 0 Å². The van der Waals surface area contributed by atoms with E-state index in [0.717, 1.165) is 18.9 Å². The average molecular weight is 390 g/mol. The van der Waals surface area contributed by atoms with Gasteiger partial charge in [0.05, 0.1) is 19.4 Å². The van der Waals surface area contributed by atoms with E-state index >= 15 is 0 Å². The maximum Gasteiger partial charge on any atom is 0.330 e. The third-order valence-corrected chi connectivity index (χ3v) is 4.48. The van der Waals surface area contributed by atoms with Crippen LogP contribution in [0.3, 0.4) is 0 Å². The molecule has 0 saturated heterocycles. The molecule has 156 valence electrons. The van der Waals surface area contributed by atoms with Gasteiger partial charge in [-0.05, 0) is 18.6 Å². The lowest BCUT2D eigenvalue weighted by Crippen LogP contribution is -2.10. The molecule has 0 radical (unpaired) electrons. The summed E-state index contributed by atoms with van der Waals surface area (Å²) >= 11 is 0. The lowest BCUT2D eigenvalue weighted by Gasteiger charge is -2.07. The maximum atomic E-state index is 11.9. The van der Waals surface area contributed by atoms with Crippen molar-refractivity contribution in [1.82, 2.24) is 0 Å². The predicted molar refractivity (Wildman–Crippen MR) is 114 cm³/mol. The molecular weight excluding hydrogens is 354 g/mol. The minimum atomic E-state index is -0.494. The Balaban J connectivity index is 2.07. The molecule has 0 saturated carbocycles. The first-order chi connectivity index (χ1) is 13.7. The minimum absolute atomic E-state index is 0.397. The standard InChI is InChI=1S/C23H35NO4/c1-3-4-5-6-7-8-9-10-11-14-19-28-23(26)18-17-22(25)24-20-15-12-13-16-21(20)27-2/h12-13,15-18H,3-11,14,19H2,1-2H3,(H,24,25)/b18-17+. The van der Waals surface area contributed by atoms with Crippen molar-refractivity contribution in [1.29, 1.82) is 0 Å². The van der Waals surface area contributed by atoms with Gasteiger partial charge in [-0.25, -0.2) is 4.79 Å². The molecule has 28 heavy (non-hydrogen) atoms. The van der Waals surface area contributed by atoms with Crippen molar-refractivity contribution in [2.45, 2.75) is 71.1 Å². The first-order valence-electron chi connectivity index (χ1n) is 10.5. The van der Waals surface area contributed by atoms with E-state index in [9.17, 15) is 9.59 Å². The predicted octanol–water partition coefficient (Wildman–Crippen LogP) is 5.65. The van der Waals surface area contributed by atoms with Gasteiger partial charge in [0.2, 0.25) is 5.91 Å². The fraction of sp³-hybridized carbons (Fsp3) is 0.565. The van der Waals surface area contributed by atoms with Crippen molar-refractivity contribution in [3.8, 4) is 5.75 Å². The van der Waals surface area contributed by atoms with Gasteiger partial charge in [0, 0.05) is 12.2 Å². The third kappa shape index (κ3) is 11.4. The molecule has 1 N–H and O–H groups in total. The molecule has 0 heterocycles. The van der Waals surface area contributed by atoms with Crippen LogP contribution in [0.15, 0.2) is 36.4 Å². The summed E-state index contributed by atoms with van der Waals surface area (Å²) in [7, 11) is 1.53. The molecule has 0 aliphatic heterocycles. The van der Waals surface area contributed by atoms with Crippen LogP contribution in [0.25, 0.3) is 0 Å². The van der Waals surface area contributed by atoms with Gasteiger partial charge in [0.25, 0.3) is 0 Å². The van der Waals surface area contributed by atoms with Gasteiger partial charge in [-0.2, -0.15) is 0 Å². The van der Waals surface area contributed by atoms with Gasteiger partial charge in [-0.1, -0.05) is 76.8 Å². The van der Waals surface area contributed by atoms with E-state index in [2.05, 4.69) is 12.2 Å². The summed E-state index contributed by atoms with van der Waals surface area (Å²) in [5, 5.41) is 2.67. The van der Waals surface area contributed by atoms with Gasteiger partial charge in [-0.15, -0.1) is 0 Å². The Hall–Kier alpha value is -2.30. The van der Waals surface area contributed by atoms with E-state index in [4.69, 9.17) is 9.47 Å². The molecule has 0 spiro atoms. The van der Waals surface area contributed by atoms with Crippen LogP contribution in [0.2, 0.25) is 0 Å². The zero-order valence-corrected chi connectivity index (χ0v) is 17.4. The highest BCUT2D eigenvalue weighted by molar-refractivity contribution is 6.03. The molecule has 5 heteroatoms. The highest BCUT2D eigenvalue weighted by atomic mass is 16.5. The second-order valence-electron chi connectivity index (χ2n) is 6.87. The van der Waals surface area contributed by atoms with Gasteiger partial charge in [0.1, 0.15) is 5.75 Å². The van der Waals surface area contributed by atoms with Crippen LogP contribution in [0.1, 0.15) is 71.1 Å². The first kappa shape index (κ1) is 23.7. The van der Waals surface area contributed by atoms with Crippen molar-refractivity contribution >= 4 is 17.6 Å². The van der Waals surface area contributed by atoms with Crippen LogP contribution in [0.5, 0.6) is 5.75 Å². The largest absolute Gasteiger partial charge is 0.495 e. The number of hydrogen-bond acceptors (Lipinski definition) is 4. The quantitative estimate of drug-likeness (QED) is 0.239. The Morgan fingerprint density at radius 2 is 1.50 bits per heavy atom. The summed E-state index contributed by atoms with van der Waals surface area (Å²) in [5.41, 5.74) is 0.554. The fourth-order valence-electron chi connectivity index (χ4n) is 2.88. The monoisotopic (exact) mass is 389 g/mol. The molecule has 1 amide bonds. The van der Waals surface area contributed by atoms with E-state index < -0.39 is 11.9 Å². The number of rotatable bonds is 15. The summed E-state index contributed by atoms with van der Waals surface area (Å²) in [4.78, 5) is 23.6. The average Bonchev–Trinajstić information content (AvgIpc) is 2.71. The molecule has 0 aromatic heterocycles. The lowest BCUT2D eigenvalue weighted by atomic mass is 10.1. The van der Waals surface area contributed by atoms with Crippen molar-refractivity contribution in [2.24, 2.45) is 0 Å². The summed E-state index contributed by atoms with van der Waals surface area (Å²) in [6.45, 7) is 2.63. The molecule has 0 unspecified atom stereocenters. The molecular formula is C23H35NO4. The van der Waals surface area contributed by atoms with E-state index in [1.807, 2.05) is 6.07 Å². The van der Waals surface area contributed by atoms with Crippen LogP contribution < -0.4 is 10.1 Å². The Morgan fingerprint density at radius 3 is 2.14 bits per heavy atom. The molecule has 0 fully saturated rings. The smallest absolute Gasteiger partial charge is 0.330 e. The van der Waals surface area contributed by atoms with Crippen LogP contribution in [0, 0.1) is 0 Å². The van der Waals surface area contributed by atoms with E-state index in [0.29, 0.717) is 18.0 Å². The summed E-state index contributed by atoms with van der Waals surface area (Å²) in [6, 6.07) is 7.09. The van der Waals surface area contributed by atoms with Gasteiger partial charge in [-0.3, -0.25) is 4.79 Å². The topological polar surface area (TPSA) is 64.6 Å². The number of carbonyl (C=O) groups is 2. The molecule has 0 aliphatic carbocycles. The number of ether oxygens (including phenoxy) is 2. The Bertz CT molecular complexity index is 598. The zero-order valence-electron chi connectivity index (χ0n) is 17.4. The van der Waals surface area contributed by atoms with Crippen molar-refractivity contribution < 1.29 is 19.1 Å². The molecule has 1 rings (SSSR count). The third-order valence-electron chi connectivity index (χ3n) is 4.48. The number of carbonyl (C=O) groups excluding carboxylic acids is 2. The first-order valence-corrected chi connectivity index (χ1v) is 10.5. The maximum absolute atomic E-state index is 11.9. The lowest BCUT2D eigenvalue weighted by molar-refractivity contribution is -0.138. The molecule has 5 nitrogen and oxygen atoms in total. The van der Waals surface area contributed by atoms with Crippen LogP contribution in [-0.2, 0) is 14.3 Å². The molecule has 0 bridgehead atoms. The molecule has 1 aromatic carbocycles. The number of para-hydroxylation sites is 2. The highest BCUT2D eigenvalue weighted by Gasteiger charge is 2.05. The highest BCUT2D eigenvalue weighted by Crippen LogP contribution is 2.22. The van der Waals surface area contributed by atoms with E-state index in [-0.39, 0.29) is 0 Å². The van der Waals surface area contributed by atoms with Crippen LogP contribution in [0.4, 0.5) is 5.69 Å². The Morgan fingerprint density at radius 1 is 0.893 bits per heavy atom. The Kier molecular flexibility index (Phi) is 13.3. The second-order valence-corrected chi connectivity index (χ2v) is 6.87. The fourth-order valence-corrected chi connectivity index (χ4v) is 2.88. The SMILES string of the molecule is CCCCCCCCCCCCOC(=O)/C=C/C(=O)Nc1ccccc1OC. The van der Waals surface area contributed by atoms with Crippen molar-refractivity contribution in [3.05, 3.63) is 36.4 Å². The normalized spacial score (nSPS) is 10.8. The van der Waals surface area contributed by atoms with E-state index in [1.54, 1.807) is 18.2 Å². The summed E-state index contributed by atoms with van der Waals surface area (Å²) in [5.74, 6) is -0.334. The van der Waals surface area contributed by atoms with Crippen molar-refractivity contribution in [2.75, 3.05) is 19.0 Å². The molecule has 1 aromatic rings. The van der Waals surface area contributed by atoms with Crippen LogP contribution >= 0.6 is 0 Å². The van der Waals surface area contributed by atoms with Gasteiger partial charge >= 0.3 is 5.97 Å². The number of esters is 1. The number of hydrogen-bond donors (Lipinski definition) is 1. The summed E-state index contributed by atoms with van der Waals surface area (Å²) in [6.07, 6.45) is 14.7. The van der Waals surface area contributed by atoms with E-state index in [1.165, 1.54) is 64.6 Å². The number of methoxy groups -OCH3 is 1. The minimum Gasteiger partial charge on any atom is -0.495 e. The summed E-state index contributed by atoms with van der Waals surface area (Å²) < 4.78 is 10.3. The van der Waals surface area contributed by atoms with Gasteiger partial charge < -0.3 is 14.8 Å².